The minimum atomic E-state index is 0. The molecule has 0 fully saturated rings. The van der Waals surface area contributed by atoms with Crippen LogP contribution in [0.3, 0.4) is 0 Å². The van der Waals surface area contributed by atoms with E-state index in [1.54, 1.807) is 0 Å². The Morgan fingerprint density at radius 3 is 0.600 bits per heavy atom. The van der Waals surface area contributed by atoms with Crippen molar-refractivity contribution in [1.29, 1.82) is 0 Å². The first-order valence-electron chi connectivity index (χ1n) is 0. The van der Waals surface area contributed by atoms with Crippen molar-refractivity contribution in [2.75, 3.05) is 0 Å². The summed E-state index contributed by atoms with van der Waals surface area (Å²) in [6, 6.07) is 0. The average Bonchev–Trinajstić information content (AvgIpc) is 0. The van der Waals surface area contributed by atoms with Crippen molar-refractivity contribution >= 4 is 8.41 Å². The molecule has 0 unspecified atom stereocenters. The van der Waals surface area contributed by atoms with Gasteiger partial charge in [0, 0.05) is 124 Å². The summed E-state index contributed by atoms with van der Waals surface area (Å²) in [6.45, 7) is 0. The SMILES string of the molecule is [B].[Fe].[Fe].[Nd].[Nd]. The van der Waals surface area contributed by atoms with Crippen LogP contribution in [-0.4, -0.2) is 8.41 Å². The molecule has 27 valence electrons. The molecule has 0 heterocycles. The normalized spacial score (nSPS) is 0. The fourth-order valence-corrected chi connectivity index (χ4v) is 0. The molecule has 0 aromatic rings. The van der Waals surface area contributed by atoms with Crippen LogP contribution in [0.4, 0.5) is 0 Å². The second-order valence-corrected chi connectivity index (χ2v) is 0. The first-order chi connectivity index (χ1) is 0. The van der Waals surface area contributed by atoms with Crippen molar-refractivity contribution in [1.82, 2.24) is 0 Å². The Bertz CT molecular complexity index is 7.61. The predicted molar refractivity (Wildman–Crippen MR) is 5.75 cm³/mol. The van der Waals surface area contributed by atoms with Gasteiger partial charge in [0.05, 0.1) is 0 Å². The maximum atomic E-state index is 0. The van der Waals surface area contributed by atoms with E-state index < -0.39 is 0 Å². The summed E-state index contributed by atoms with van der Waals surface area (Å²) >= 11 is 0. The van der Waals surface area contributed by atoms with Gasteiger partial charge in [-0.15, -0.1) is 0 Å². The molecule has 5 heavy (non-hydrogen) atoms. The van der Waals surface area contributed by atoms with E-state index in [1.807, 2.05) is 0 Å². The van der Waals surface area contributed by atoms with Gasteiger partial charge in [0.15, 0.2) is 0 Å². The predicted octanol–water partition coefficient (Wildman–Crippen LogP) is -0.386. The zero-order valence-electron chi connectivity index (χ0n) is 2.28. The first-order valence-corrected chi connectivity index (χ1v) is 0. The second kappa shape index (κ2) is 25.0. The topological polar surface area (TPSA) is 0 Å². The number of hydrogen-bond donors (Lipinski definition) is 0. The van der Waals surface area contributed by atoms with Crippen molar-refractivity contribution in [3.63, 3.8) is 0 Å². The van der Waals surface area contributed by atoms with Crippen LogP contribution in [0.5, 0.6) is 0 Å². The molecule has 0 aliphatic carbocycles. The minimum Gasteiger partial charge on any atom is 0 e. The summed E-state index contributed by atoms with van der Waals surface area (Å²) < 4.78 is 0. The number of rotatable bonds is 0. The van der Waals surface area contributed by atoms with E-state index in [0.29, 0.717) is 0 Å². The average molecular weight is 411 g/mol. The summed E-state index contributed by atoms with van der Waals surface area (Å²) in [7, 11) is 0. The van der Waals surface area contributed by atoms with Crippen LogP contribution in [0.1, 0.15) is 0 Å². The molecule has 0 saturated heterocycles. The molecule has 0 amide bonds. The van der Waals surface area contributed by atoms with Crippen LogP contribution in [0.2, 0.25) is 0 Å². The first kappa shape index (κ1) is 37.0. The maximum Gasteiger partial charge on any atom is 0 e. The maximum absolute atomic E-state index is 0. The molecule has 5 heteroatoms. The van der Waals surface area contributed by atoms with Gasteiger partial charge in [0.1, 0.15) is 0 Å². The Hall–Kier alpha value is 3.81. The van der Waals surface area contributed by atoms with Crippen LogP contribution in [0, 0.1) is 81.7 Å². The summed E-state index contributed by atoms with van der Waals surface area (Å²) in [6.07, 6.45) is 0. The van der Waals surface area contributed by atoms with E-state index in [2.05, 4.69) is 0 Å². The Morgan fingerprint density at radius 1 is 0.600 bits per heavy atom. The van der Waals surface area contributed by atoms with Crippen molar-refractivity contribution in [3.05, 3.63) is 0 Å². The van der Waals surface area contributed by atoms with Crippen molar-refractivity contribution in [3.8, 4) is 0 Å². The van der Waals surface area contributed by atoms with Crippen molar-refractivity contribution in [2.24, 2.45) is 0 Å². The molecule has 0 N–H and O–H groups in total. The molecule has 0 saturated carbocycles. The summed E-state index contributed by atoms with van der Waals surface area (Å²) in [5.41, 5.74) is 0. The van der Waals surface area contributed by atoms with E-state index in [9.17, 15) is 0 Å². The van der Waals surface area contributed by atoms with Crippen LogP contribution in [-0.2, 0) is 34.1 Å². The van der Waals surface area contributed by atoms with Gasteiger partial charge in [-0.25, -0.2) is 0 Å². The van der Waals surface area contributed by atoms with Gasteiger partial charge < -0.3 is 0 Å². The molecular weight excluding hydrogens is 411 g/mol. The van der Waals surface area contributed by atoms with E-state index in [0.717, 1.165) is 0 Å². The van der Waals surface area contributed by atoms with Crippen LogP contribution < -0.4 is 0 Å². The molecule has 0 atom stereocenters. The van der Waals surface area contributed by atoms with Crippen LogP contribution in [0.25, 0.3) is 0 Å². The summed E-state index contributed by atoms with van der Waals surface area (Å²) in [5.74, 6) is 0. The monoisotopic (exact) mass is 407 g/mol. The Kier molecular flexibility index (Phi) is 185. The Morgan fingerprint density at radius 2 is 0.600 bits per heavy atom. The van der Waals surface area contributed by atoms with Crippen LogP contribution >= 0.6 is 0 Å². The molecule has 0 aromatic heterocycles. The molecule has 0 bridgehead atoms. The molecule has 0 spiro atoms. The van der Waals surface area contributed by atoms with Gasteiger partial charge in [-0.3, -0.25) is 0 Å². The molecule has 0 nitrogen and oxygen atoms in total. The smallest absolute Gasteiger partial charge is 0 e. The zero-order valence-corrected chi connectivity index (χ0v) is 10.9. The van der Waals surface area contributed by atoms with Gasteiger partial charge >= 0.3 is 0 Å². The number of hydrogen-bond acceptors (Lipinski definition) is 0. The third-order valence-corrected chi connectivity index (χ3v) is 0. The molecule has 0 rings (SSSR count). The van der Waals surface area contributed by atoms with Crippen molar-refractivity contribution < 1.29 is 116 Å². The summed E-state index contributed by atoms with van der Waals surface area (Å²) in [4.78, 5) is 0. The van der Waals surface area contributed by atoms with Gasteiger partial charge in [-0.1, -0.05) is 0 Å². The summed E-state index contributed by atoms with van der Waals surface area (Å²) in [5, 5.41) is 0. The fraction of sp³-hybridized carbons (Fsp3) is 0. The van der Waals surface area contributed by atoms with E-state index in [-0.39, 0.29) is 124 Å². The van der Waals surface area contributed by atoms with Gasteiger partial charge in [-0.2, -0.15) is 0 Å². The Balaban J connectivity index is 0. The van der Waals surface area contributed by atoms with Crippen molar-refractivity contribution in [2.45, 2.75) is 0 Å². The third kappa shape index (κ3) is 18.2. The molecule has 0 aliphatic rings. The van der Waals surface area contributed by atoms with Gasteiger partial charge in [-0.05, 0) is 0 Å². The molecular formula is BFe2Nd2. The van der Waals surface area contributed by atoms with E-state index >= 15 is 0 Å². The quantitative estimate of drug-likeness (QED) is 0.477. The molecule has 0 aliphatic heterocycles. The van der Waals surface area contributed by atoms with E-state index in [1.165, 1.54) is 0 Å². The molecule has 3 radical (unpaired) electrons. The fourth-order valence-electron chi connectivity index (χ4n) is 0. The molecule has 0 aromatic carbocycles. The third-order valence-electron chi connectivity index (χ3n) is 0. The van der Waals surface area contributed by atoms with Crippen LogP contribution in [0.15, 0.2) is 0 Å². The van der Waals surface area contributed by atoms with E-state index in [4.69, 9.17) is 0 Å². The van der Waals surface area contributed by atoms with Gasteiger partial charge in [0.2, 0.25) is 0 Å². The Labute approximate surface area is 121 Å². The second-order valence-electron chi connectivity index (χ2n) is 0. The minimum absolute atomic E-state index is 0. The zero-order chi connectivity index (χ0) is 0. The van der Waals surface area contributed by atoms with Gasteiger partial charge in [0.25, 0.3) is 0 Å². The standard InChI is InChI=1S/B.2Fe.2Nd. The largest absolute Gasteiger partial charge is 0 e.